The van der Waals surface area contributed by atoms with Crippen molar-refractivity contribution in [2.75, 3.05) is 6.61 Å². The topological polar surface area (TPSA) is 63.6 Å². The molecule has 0 heterocycles. The van der Waals surface area contributed by atoms with E-state index in [9.17, 15) is 9.59 Å². The average molecular weight is 308 g/mol. The SMILES string of the molecule is O=C(O)COc1ccc(C=C2CCc3ccccc3C2=O)cc1. The number of carbonyl (C=O) groups is 2. The first-order valence-corrected chi connectivity index (χ1v) is 7.41. The molecule has 4 nitrogen and oxygen atoms in total. The van der Waals surface area contributed by atoms with Crippen molar-refractivity contribution in [1.82, 2.24) is 0 Å². The Bertz CT molecular complexity index is 772. The molecule has 0 aliphatic heterocycles. The number of fused-ring (bicyclic) bond motifs is 1. The van der Waals surface area contributed by atoms with Gasteiger partial charge >= 0.3 is 5.97 Å². The van der Waals surface area contributed by atoms with Crippen LogP contribution in [0.3, 0.4) is 0 Å². The van der Waals surface area contributed by atoms with E-state index in [0.29, 0.717) is 5.75 Å². The van der Waals surface area contributed by atoms with Gasteiger partial charge in [0, 0.05) is 11.1 Å². The van der Waals surface area contributed by atoms with E-state index in [1.807, 2.05) is 42.5 Å². The molecule has 0 amide bonds. The number of ketones is 1. The first kappa shape index (κ1) is 15.0. The average Bonchev–Trinajstić information content (AvgIpc) is 2.57. The molecule has 0 saturated carbocycles. The number of carbonyl (C=O) groups excluding carboxylic acids is 1. The van der Waals surface area contributed by atoms with E-state index >= 15 is 0 Å². The van der Waals surface area contributed by atoms with E-state index in [1.54, 1.807) is 12.1 Å². The second kappa shape index (κ2) is 6.48. The first-order chi connectivity index (χ1) is 11.1. The molecule has 1 aliphatic carbocycles. The number of ether oxygens (including phenoxy) is 1. The highest BCUT2D eigenvalue weighted by Crippen LogP contribution is 2.26. The molecule has 3 rings (SSSR count). The van der Waals surface area contributed by atoms with Gasteiger partial charge in [-0.15, -0.1) is 0 Å². The molecular weight excluding hydrogens is 292 g/mol. The second-order valence-electron chi connectivity index (χ2n) is 5.41. The van der Waals surface area contributed by atoms with Gasteiger partial charge in [0.2, 0.25) is 0 Å². The Morgan fingerprint density at radius 2 is 1.83 bits per heavy atom. The third-order valence-corrected chi connectivity index (χ3v) is 3.80. The number of benzene rings is 2. The maximum Gasteiger partial charge on any atom is 0.341 e. The lowest BCUT2D eigenvalue weighted by Gasteiger charge is -2.17. The number of aliphatic carboxylic acids is 1. The highest BCUT2D eigenvalue weighted by molar-refractivity contribution is 6.13. The Balaban J connectivity index is 1.77. The third kappa shape index (κ3) is 3.48. The number of carboxylic acid groups (broad SMARTS) is 1. The lowest BCUT2D eigenvalue weighted by Crippen LogP contribution is -2.13. The largest absolute Gasteiger partial charge is 0.482 e. The van der Waals surface area contributed by atoms with Gasteiger partial charge in [0.25, 0.3) is 0 Å². The minimum absolute atomic E-state index is 0.0815. The second-order valence-corrected chi connectivity index (χ2v) is 5.41. The summed E-state index contributed by atoms with van der Waals surface area (Å²) in [4.78, 5) is 23.0. The van der Waals surface area contributed by atoms with Crippen molar-refractivity contribution in [2.24, 2.45) is 0 Å². The van der Waals surface area contributed by atoms with Crippen molar-refractivity contribution in [3.05, 3.63) is 70.8 Å². The monoisotopic (exact) mass is 308 g/mol. The molecule has 0 atom stereocenters. The van der Waals surface area contributed by atoms with Crippen LogP contribution in [0.5, 0.6) is 5.75 Å². The van der Waals surface area contributed by atoms with E-state index in [1.165, 1.54) is 0 Å². The molecule has 0 bridgehead atoms. The summed E-state index contributed by atoms with van der Waals surface area (Å²) in [6.07, 6.45) is 3.49. The highest BCUT2D eigenvalue weighted by Gasteiger charge is 2.20. The molecule has 2 aromatic carbocycles. The maximum absolute atomic E-state index is 12.5. The van der Waals surface area contributed by atoms with Gasteiger partial charge in [-0.25, -0.2) is 4.79 Å². The number of aryl methyl sites for hydroxylation is 1. The van der Waals surface area contributed by atoms with Crippen molar-refractivity contribution in [3.8, 4) is 5.75 Å². The van der Waals surface area contributed by atoms with E-state index < -0.39 is 5.97 Å². The van der Waals surface area contributed by atoms with Crippen LogP contribution < -0.4 is 4.74 Å². The molecule has 1 N–H and O–H groups in total. The van der Waals surface area contributed by atoms with Gasteiger partial charge in [-0.3, -0.25) is 4.79 Å². The van der Waals surface area contributed by atoms with Crippen LogP contribution in [0.1, 0.15) is 27.9 Å². The highest BCUT2D eigenvalue weighted by atomic mass is 16.5. The number of hydrogen-bond acceptors (Lipinski definition) is 3. The summed E-state index contributed by atoms with van der Waals surface area (Å²) in [6, 6.07) is 14.8. The van der Waals surface area contributed by atoms with Gasteiger partial charge in [0.15, 0.2) is 12.4 Å². The van der Waals surface area contributed by atoms with Gasteiger partial charge in [0.05, 0.1) is 0 Å². The number of rotatable bonds is 4. The van der Waals surface area contributed by atoms with Crippen LogP contribution in [0, 0.1) is 0 Å². The molecular formula is C19H16O4. The van der Waals surface area contributed by atoms with E-state index in [0.717, 1.165) is 35.1 Å². The molecule has 0 unspecified atom stereocenters. The molecule has 2 aromatic rings. The lowest BCUT2D eigenvalue weighted by atomic mass is 9.86. The fraction of sp³-hybridized carbons (Fsp3) is 0.158. The van der Waals surface area contributed by atoms with Gasteiger partial charge < -0.3 is 9.84 Å². The van der Waals surface area contributed by atoms with Crippen molar-refractivity contribution in [1.29, 1.82) is 0 Å². The minimum atomic E-state index is -1.01. The molecule has 1 aliphatic rings. The summed E-state index contributed by atoms with van der Waals surface area (Å²) in [7, 11) is 0. The predicted molar refractivity (Wildman–Crippen MR) is 86.6 cm³/mol. The van der Waals surface area contributed by atoms with Crippen LogP contribution in [0.15, 0.2) is 54.1 Å². The Morgan fingerprint density at radius 1 is 1.09 bits per heavy atom. The summed E-state index contributed by atoms with van der Waals surface area (Å²) >= 11 is 0. The minimum Gasteiger partial charge on any atom is -0.482 e. The molecule has 23 heavy (non-hydrogen) atoms. The molecule has 0 spiro atoms. The zero-order valence-corrected chi connectivity index (χ0v) is 12.5. The van der Waals surface area contributed by atoms with Crippen LogP contribution in [0.25, 0.3) is 6.08 Å². The molecule has 0 fully saturated rings. The van der Waals surface area contributed by atoms with Crippen LogP contribution in [-0.2, 0) is 11.2 Å². The summed E-state index contributed by atoms with van der Waals surface area (Å²) in [6.45, 7) is -0.365. The summed E-state index contributed by atoms with van der Waals surface area (Å²) < 4.78 is 5.09. The molecule has 0 saturated heterocycles. The van der Waals surface area contributed by atoms with Crippen LogP contribution in [0.2, 0.25) is 0 Å². The number of allylic oxidation sites excluding steroid dienone is 1. The number of carboxylic acids is 1. The third-order valence-electron chi connectivity index (χ3n) is 3.80. The van der Waals surface area contributed by atoms with E-state index in [4.69, 9.17) is 9.84 Å². The fourth-order valence-electron chi connectivity index (χ4n) is 2.66. The Morgan fingerprint density at radius 3 is 2.57 bits per heavy atom. The van der Waals surface area contributed by atoms with Crippen molar-refractivity contribution >= 4 is 17.8 Å². The van der Waals surface area contributed by atoms with Gasteiger partial charge in [0.1, 0.15) is 5.75 Å². The van der Waals surface area contributed by atoms with Gasteiger partial charge in [-0.2, -0.15) is 0 Å². The fourth-order valence-corrected chi connectivity index (χ4v) is 2.66. The predicted octanol–water partition coefficient (Wildman–Crippen LogP) is 3.36. The van der Waals surface area contributed by atoms with Crippen molar-refractivity contribution < 1.29 is 19.4 Å². The van der Waals surface area contributed by atoms with Gasteiger partial charge in [-0.05, 0) is 42.2 Å². The smallest absolute Gasteiger partial charge is 0.341 e. The molecule has 4 heteroatoms. The number of hydrogen-bond donors (Lipinski definition) is 1. The van der Waals surface area contributed by atoms with Crippen LogP contribution in [0.4, 0.5) is 0 Å². The van der Waals surface area contributed by atoms with Crippen LogP contribution >= 0.6 is 0 Å². The van der Waals surface area contributed by atoms with Crippen LogP contribution in [-0.4, -0.2) is 23.5 Å². The quantitative estimate of drug-likeness (QED) is 0.880. The van der Waals surface area contributed by atoms with Crippen molar-refractivity contribution in [3.63, 3.8) is 0 Å². The maximum atomic E-state index is 12.5. The lowest BCUT2D eigenvalue weighted by molar-refractivity contribution is -0.139. The van der Waals surface area contributed by atoms with Gasteiger partial charge in [-0.1, -0.05) is 36.4 Å². The Kier molecular flexibility index (Phi) is 4.24. The summed E-state index contributed by atoms with van der Waals surface area (Å²) in [5.41, 5.74) is 3.58. The molecule has 116 valence electrons. The standard InChI is InChI=1S/C19H16O4/c20-18(21)12-23-16-9-5-13(6-10-16)11-15-8-7-14-3-1-2-4-17(14)19(15)22/h1-6,9-11H,7-8,12H2,(H,20,21). The summed E-state index contributed by atoms with van der Waals surface area (Å²) in [5, 5.41) is 8.58. The normalized spacial score (nSPS) is 15.3. The Labute approximate surface area is 134 Å². The Hall–Kier alpha value is -2.88. The van der Waals surface area contributed by atoms with Crippen molar-refractivity contribution in [2.45, 2.75) is 12.8 Å². The molecule has 0 aromatic heterocycles. The zero-order chi connectivity index (χ0) is 16.2. The van der Waals surface area contributed by atoms with E-state index in [-0.39, 0.29) is 12.4 Å². The summed E-state index contributed by atoms with van der Waals surface area (Å²) in [5.74, 6) is -0.435. The first-order valence-electron chi connectivity index (χ1n) is 7.41. The zero-order valence-electron chi connectivity index (χ0n) is 12.5. The number of Topliss-reactive ketones (excluding diaryl/α,β-unsaturated/α-hetero) is 1. The van der Waals surface area contributed by atoms with E-state index in [2.05, 4.69) is 0 Å². The molecule has 0 radical (unpaired) electrons.